The number of nitrogens with zero attached hydrogens (tertiary/aromatic N) is 2. The molecule has 1 saturated heterocycles. The van der Waals surface area contributed by atoms with Gasteiger partial charge in [0, 0.05) is 17.9 Å². The van der Waals surface area contributed by atoms with Gasteiger partial charge < -0.3 is 15.4 Å². The van der Waals surface area contributed by atoms with Crippen LogP contribution in [0.3, 0.4) is 0 Å². The molecule has 2 N–H and O–H groups in total. The number of carbonyl (C=O) groups is 1. The smallest absolute Gasteiger partial charge is 0.315 e. The van der Waals surface area contributed by atoms with Crippen LogP contribution >= 0.6 is 0 Å². The summed E-state index contributed by atoms with van der Waals surface area (Å²) in [5, 5.41) is 10.3. The van der Waals surface area contributed by atoms with E-state index in [1.807, 2.05) is 20.8 Å². The lowest BCUT2D eigenvalue weighted by atomic mass is 10.1. The minimum Gasteiger partial charge on any atom is -0.376 e. The van der Waals surface area contributed by atoms with Gasteiger partial charge >= 0.3 is 6.03 Å². The monoisotopic (exact) mass is 360 g/mol. The molecule has 0 radical (unpaired) electrons. The van der Waals surface area contributed by atoms with Gasteiger partial charge in [-0.3, -0.25) is 0 Å². The van der Waals surface area contributed by atoms with Crippen molar-refractivity contribution in [2.45, 2.75) is 51.8 Å². The van der Waals surface area contributed by atoms with Crippen molar-refractivity contribution < 1.29 is 13.9 Å². The van der Waals surface area contributed by atoms with Crippen molar-refractivity contribution in [1.29, 1.82) is 0 Å². The third-order valence-electron chi connectivity index (χ3n) is 4.81. The maximum Gasteiger partial charge on any atom is 0.315 e. The molecule has 0 aliphatic carbocycles. The summed E-state index contributed by atoms with van der Waals surface area (Å²) in [4.78, 5) is 12.3. The van der Waals surface area contributed by atoms with Crippen molar-refractivity contribution >= 4 is 6.03 Å². The second-order valence-corrected chi connectivity index (χ2v) is 6.75. The number of amides is 2. The fourth-order valence-corrected chi connectivity index (χ4v) is 3.30. The van der Waals surface area contributed by atoms with Crippen LogP contribution in [0.15, 0.2) is 30.5 Å². The molecule has 140 valence electrons. The molecule has 6 nitrogen and oxygen atoms in total. The van der Waals surface area contributed by atoms with Crippen LogP contribution in [0.2, 0.25) is 0 Å². The molecule has 3 atom stereocenters. The highest BCUT2D eigenvalue weighted by atomic mass is 19.1. The Morgan fingerprint density at radius 2 is 2.04 bits per heavy atom. The van der Waals surface area contributed by atoms with Gasteiger partial charge in [0.25, 0.3) is 0 Å². The number of urea groups is 1. The van der Waals surface area contributed by atoms with Crippen LogP contribution < -0.4 is 10.6 Å². The SMILES string of the molecule is Cc1c(C(C)NC(=O)NC(C)C2CCCO2)cnn1-c1ccc(F)cc1. The Morgan fingerprint density at radius 3 is 2.69 bits per heavy atom. The van der Waals surface area contributed by atoms with Gasteiger partial charge in [0.15, 0.2) is 0 Å². The molecule has 1 fully saturated rings. The first-order chi connectivity index (χ1) is 12.5. The summed E-state index contributed by atoms with van der Waals surface area (Å²) in [6, 6.07) is 5.68. The quantitative estimate of drug-likeness (QED) is 0.860. The molecule has 2 heterocycles. The van der Waals surface area contributed by atoms with Crippen LogP contribution in [-0.4, -0.2) is 34.6 Å². The summed E-state index contributed by atoms with van der Waals surface area (Å²) >= 11 is 0. The third kappa shape index (κ3) is 4.04. The first-order valence-corrected chi connectivity index (χ1v) is 8.95. The first-order valence-electron chi connectivity index (χ1n) is 8.95. The predicted octanol–water partition coefficient (Wildman–Crippen LogP) is 3.25. The molecule has 2 amide bonds. The van der Waals surface area contributed by atoms with E-state index >= 15 is 0 Å². The molecular formula is C19H25FN4O2. The third-order valence-corrected chi connectivity index (χ3v) is 4.81. The van der Waals surface area contributed by atoms with Crippen molar-refractivity contribution in [1.82, 2.24) is 20.4 Å². The number of aromatic nitrogens is 2. The van der Waals surface area contributed by atoms with Crippen molar-refractivity contribution in [2.75, 3.05) is 6.61 Å². The van der Waals surface area contributed by atoms with Crippen molar-refractivity contribution in [3.05, 3.63) is 47.5 Å². The normalized spacial score (nSPS) is 19.2. The Balaban J connectivity index is 1.63. The minimum atomic E-state index is -0.286. The Bertz CT molecular complexity index is 753. The van der Waals surface area contributed by atoms with Crippen molar-refractivity contribution in [3.8, 4) is 5.69 Å². The number of nitrogens with one attached hydrogen (secondary N) is 2. The van der Waals surface area contributed by atoms with E-state index in [0.29, 0.717) is 0 Å². The topological polar surface area (TPSA) is 68.2 Å². The van der Waals surface area contributed by atoms with Crippen LogP contribution in [-0.2, 0) is 4.74 Å². The van der Waals surface area contributed by atoms with Gasteiger partial charge in [0.05, 0.1) is 30.1 Å². The fourth-order valence-electron chi connectivity index (χ4n) is 3.30. The van der Waals surface area contributed by atoms with Crippen LogP contribution in [0.5, 0.6) is 0 Å². The summed E-state index contributed by atoms with van der Waals surface area (Å²) in [6.07, 6.45) is 3.82. The Kier molecular flexibility index (Phi) is 5.56. The molecule has 3 unspecified atom stereocenters. The maximum absolute atomic E-state index is 13.1. The minimum absolute atomic E-state index is 0.0345. The van der Waals surface area contributed by atoms with Gasteiger partial charge in [-0.2, -0.15) is 5.10 Å². The van der Waals surface area contributed by atoms with Crippen molar-refractivity contribution in [2.24, 2.45) is 0 Å². The lowest BCUT2D eigenvalue weighted by Crippen LogP contribution is -2.46. The number of rotatable bonds is 5. The number of hydrogen-bond donors (Lipinski definition) is 2. The number of carbonyl (C=O) groups excluding carboxylic acids is 1. The molecule has 1 aliphatic rings. The van der Waals surface area contributed by atoms with Gasteiger partial charge in [-0.05, 0) is 57.9 Å². The van der Waals surface area contributed by atoms with Gasteiger partial charge in [-0.25, -0.2) is 13.9 Å². The molecule has 7 heteroatoms. The van der Waals surface area contributed by atoms with Gasteiger partial charge in [0.1, 0.15) is 5.82 Å². The van der Waals surface area contributed by atoms with E-state index in [1.54, 1.807) is 23.0 Å². The average Bonchev–Trinajstić information content (AvgIpc) is 3.25. The van der Waals surface area contributed by atoms with Gasteiger partial charge in [-0.1, -0.05) is 0 Å². The molecule has 3 rings (SSSR count). The van der Waals surface area contributed by atoms with E-state index in [2.05, 4.69) is 15.7 Å². The zero-order valence-corrected chi connectivity index (χ0v) is 15.3. The van der Waals surface area contributed by atoms with E-state index < -0.39 is 0 Å². The van der Waals surface area contributed by atoms with E-state index in [9.17, 15) is 9.18 Å². The molecule has 26 heavy (non-hydrogen) atoms. The number of hydrogen-bond acceptors (Lipinski definition) is 3. The second kappa shape index (κ2) is 7.86. The molecular weight excluding hydrogens is 335 g/mol. The Morgan fingerprint density at radius 1 is 1.31 bits per heavy atom. The zero-order valence-electron chi connectivity index (χ0n) is 15.3. The van der Waals surface area contributed by atoms with Crippen LogP contribution in [0.25, 0.3) is 5.69 Å². The number of halogens is 1. The highest BCUT2D eigenvalue weighted by Gasteiger charge is 2.24. The highest BCUT2D eigenvalue weighted by Crippen LogP contribution is 2.20. The summed E-state index contributed by atoms with van der Waals surface area (Å²) < 4.78 is 20.4. The molecule has 0 saturated carbocycles. The van der Waals surface area contributed by atoms with Crippen LogP contribution in [0, 0.1) is 12.7 Å². The van der Waals surface area contributed by atoms with Crippen LogP contribution in [0.4, 0.5) is 9.18 Å². The Labute approximate surface area is 152 Å². The fraction of sp³-hybridized carbons (Fsp3) is 0.474. The highest BCUT2D eigenvalue weighted by molar-refractivity contribution is 5.74. The Hall–Kier alpha value is -2.41. The molecule has 0 spiro atoms. The molecule has 1 aromatic heterocycles. The van der Waals surface area contributed by atoms with E-state index in [4.69, 9.17) is 4.74 Å². The van der Waals surface area contributed by atoms with Gasteiger partial charge in [0.2, 0.25) is 0 Å². The summed E-state index contributed by atoms with van der Waals surface area (Å²) in [7, 11) is 0. The zero-order chi connectivity index (χ0) is 18.7. The summed E-state index contributed by atoms with van der Waals surface area (Å²) in [6.45, 7) is 6.56. The summed E-state index contributed by atoms with van der Waals surface area (Å²) in [5.74, 6) is -0.286. The van der Waals surface area contributed by atoms with Gasteiger partial charge in [-0.15, -0.1) is 0 Å². The first kappa shape index (κ1) is 18.4. The predicted molar refractivity (Wildman–Crippen MR) is 96.8 cm³/mol. The lowest BCUT2D eigenvalue weighted by Gasteiger charge is -2.22. The lowest BCUT2D eigenvalue weighted by molar-refractivity contribution is 0.0859. The molecule has 2 aromatic rings. The molecule has 0 bridgehead atoms. The standard InChI is InChI=1S/C19H25FN4O2/c1-12(22-19(25)23-13(2)18-5-4-10-26-18)17-11-21-24(14(17)3)16-8-6-15(20)7-9-16/h6-9,11-13,18H,4-5,10H2,1-3H3,(H2,22,23,25). The molecule has 1 aliphatic heterocycles. The van der Waals surface area contributed by atoms with Crippen molar-refractivity contribution in [3.63, 3.8) is 0 Å². The molecule has 1 aromatic carbocycles. The number of benzene rings is 1. The number of ether oxygens (including phenoxy) is 1. The largest absolute Gasteiger partial charge is 0.376 e. The second-order valence-electron chi connectivity index (χ2n) is 6.75. The van der Waals surface area contributed by atoms with E-state index in [-0.39, 0.29) is 30.0 Å². The maximum atomic E-state index is 13.1. The van der Waals surface area contributed by atoms with Crippen LogP contribution in [0.1, 0.15) is 44.0 Å². The van der Waals surface area contributed by atoms with E-state index in [0.717, 1.165) is 36.4 Å². The van der Waals surface area contributed by atoms with E-state index in [1.165, 1.54) is 12.1 Å². The average molecular weight is 360 g/mol. The summed E-state index contributed by atoms with van der Waals surface area (Å²) in [5.41, 5.74) is 2.59.